The van der Waals surface area contributed by atoms with E-state index in [1.165, 1.54) is 0 Å². The van der Waals surface area contributed by atoms with Crippen molar-refractivity contribution in [3.05, 3.63) is 35.4 Å². The highest BCUT2D eigenvalue weighted by Gasteiger charge is 2.36. The zero-order valence-electron chi connectivity index (χ0n) is 13.0. The number of nitrogens with two attached hydrogens (primary N) is 1. The molecular formula is C16H20N4O2S. The molecule has 1 aliphatic rings. The van der Waals surface area contributed by atoms with Crippen LogP contribution in [0, 0.1) is 18.3 Å². The zero-order valence-corrected chi connectivity index (χ0v) is 13.8. The van der Waals surface area contributed by atoms with E-state index in [9.17, 15) is 14.9 Å². The number of nitrogens with zero attached hydrogens (tertiary/aromatic N) is 1. The van der Waals surface area contributed by atoms with Crippen molar-refractivity contribution in [2.24, 2.45) is 5.73 Å². The lowest BCUT2D eigenvalue weighted by Gasteiger charge is -2.24. The van der Waals surface area contributed by atoms with Gasteiger partial charge in [-0.2, -0.15) is 17.0 Å². The average Bonchev–Trinajstić information content (AvgIpc) is 2.95. The molecular weight excluding hydrogens is 312 g/mol. The van der Waals surface area contributed by atoms with E-state index >= 15 is 0 Å². The van der Waals surface area contributed by atoms with Gasteiger partial charge in [-0.15, -0.1) is 0 Å². The number of carbonyl (C=O) groups is 2. The fraction of sp³-hybridized carbons (Fsp3) is 0.438. The Balaban J connectivity index is 2.12. The van der Waals surface area contributed by atoms with Gasteiger partial charge in [0.25, 0.3) is 0 Å². The quantitative estimate of drug-likeness (QED) is 0.761. The minimum atomic E-state index is -0.801. The molecule has 23 heavy (non-hydrogen) atoms. The number of amides is 3. The molecule has 0 saturated carbocycles. The van der Waals surface area contributed by atoms with Gasteiger partial charge in [-0.25, -0.2) is 4.79 Å². The summed E-state index contributed by atoms with van der Waals surface area (Å²) in [6.07, 6.45) is 0.681. The van der Waals surface area contributed by atoms with E-state index in [-0.39, 0.29) is 12.3 Å². The first-order valence-electron chi connectivity index (χ1n) is 7.37. The maximum Gasteiger partial charge on any atom is 0.312 e. The second kappa shape index (κ2) is 7.38. The van der Waals surface area contributed by atoms with Crippen LogP contribution in [0.1, 0.15) is 30.0 Å². The number of benzene rings is 1. The summed E-state index contributed by atoms with van der Waals surface area (Å²) in [5.41, 5.74) is 6.24. The topological polar surface area (TPSA) is 108 Å². The van der Waals surface area contributed by atoms with Crippen LogP contribution in [0.5, 0.6) is 0 Å². The summed E-state index contributed by atoms with van der Waals surface area (Å²) in [5.74, 6) is 1.18. The Bertz CT molecular complexity index is 635. The van der Waals surface area contributed by atoms with Crippen molar-refractivity contribution in [2.45, 2.75) is 31.3 Å². The molecule has 2 rings (SSSR count). The average molecular weight is 332 g/mol. The molecule has 1 fully saturated rings. The Morgan fingerprint density at radius 1 is 1.48 bits per heavy atom. The Hall–Kier alpha value is -2.20. The lowest BCUT2D eigenvalue weighted by Crippen LogP contribution is -2.48. The minimum absolute atomic E-state index is 0.0435. The summed E-state index contributed by atoms with van der Waals surface area (Å²) in [4.78, 5) is 23.6. The number of thioether (sulfide) groups is 1. The van der Waals surface area contributed by atoms with Crippen molar-refractivity contribution >= 4 is 23.7 Å². The van der Waals surface area contributed by atoms with Crippen LogP contribution in [0.25, 0.3) is 0 Å². The van der Waals surface area contributed by atoms with E-state index in [0.717, 1.165) is 16.9 Å². The van der Waals surface area contributed by atoms with Crippen LogP contribution in [0.2, 0.25) is 0 Å². The lowest BCUT2D eigenvalue weighted by molar-refractivity contribution is -0.122. The Labute approximate surface area is 139 Å². The molecule has 0 aliphatic carbocycles. The van der Waals surface area contributed by atoms with Crippen LogP contribution in [0.3, 0.4) is 0 Å². The molecule has 1 heterocycles. The van der Waals surface area contributed by atoms with Gasteiger partial charge in [0.1, 0.15) is 5.54 Å². The minimum Gasteiger partial charge on any atom is -0.352 e. The van der Waals surface area contributed by atoms with E-state index in [0.29, 0.717) is 12.2 Å². The predicted molar refractivity (Wildman–Crippen MR) is 89.7 cm³/mol. The molecule has 1 aliphatic heterocycles. The van der Waals surface area contributed by atoms with Crippen molar-refractivity contribution in [1.29, 1.82) is 5.26 Å². The highest BCUT2D eigenvalue weighted by molar-refractivity contribution is 7.99. The number of nitriles is 1. The van der Waals surface area contributed by atoms with Crippen molar-refractivity contribution in [3.63, 3.8) is 0 Å². The van der Waals surface area contributed by atoms with Gasteiger partial charge in [0.15, 0.2) is 0 Å². The Morgan fingerprint density at radius 3 is 2.78 bits per heavy atom. The monoisotopic (exact) mass is 332 g/mol. The van der Waals surface area contributed by atoms with Gasteiger partial charge in [-0.3, -0.25) is 4.79 Å². The standard InChI is InChI=1S/C16H20N4O2S/c1-11-4-2-3-5-12(11)13(19-15(18)22)8-14(21)20-16(9-17)6-7-23-10-16/h2-5,13H,6-8,10H2,1H3,(H,20,21)(H3,18,19,22). The number of aryl methyl sites for hydroxylation is 1. The maximum atomic E-state index is 12.4. The number of hydrogen-bond acceptors (Lipinski definition) is 4. The Kier molecular flexibility index (Phi) is 5.50. The van der Waals surface area contributed by atoms with Crippen molar-refractivity contribution in [3.8, 4) is 6.07 Å². The molecule has 0 radical (unpaired) electrons. The van der Waals surface area contributed by atoms with E-state index in [4.69, 9.17) is 5.73 Å². The first-order chi connectivity index (χ1) is 11.0. The fourth-order valence-corrected chi connectivity index (χ4v) is 3.94. The SMILES string of the molecule is Cc1ccccc1C(CC(=O)NC1(C#N)CCSC1)NC(N)=O. The third kappa shape index (κ3) is 4.39. The van der Waals surface area contributed by atoms with Crippen LogP contribution in [-0.4, -0.2) is 29.0 Å². The van der Waals surface area contributed by atoms with Gasteiger partial charge in [0.05, 0.1) is 18.5 Å². The zero-order chi connectivity index (χ0) is 16.9. The molecule has 1 aromatic carbocycles. The molecule has 7 heteroatoms. The van der Waals surface area contributed by atoms with E-state index < -0.39 is 17.6 Å². The second-order valence-electron chi connectivity index (χ2n) is 5.67. The second-order valence-corrected chi connectivity index (χ2v) is 6.77. The smallest absolute Gasteiger partial charge is 0.312 e. The van der Waals surface area contributed by atoms with E-state index in [1.807, 2.05) is 31.2 Å². The summed E-state index contributed by atoms with van der Waals surface area (Å²) in [5, 5.41) is 14.8. The molecule has 1 aromatic rings. The summed E-state index contributed by atoms with van der Waals surface area (Å²) in [6.45, 7) is 1.91. The van der Waals surface area contributed by atoms with Gasteiger partial charge in [-0.05, 0) is 30.2 Å². The summed E-state index contributed by atoms with van der Waals surface area (Å²) < 4.78 is 0. The molecule has 3 amide bonds. The first kappa shape index (κ1) is 17.2. The molecule has 6 nitrogen and oxygen atoms in total. The Morgan fingerprint density at radius 2 is 2.22 bits per heavy atom. The van der Waals surface area contributed by atoms with Crippen LogP contribution >= 0.6 is 11.8 Å². The molecule has 2 atom stereocenters. The lowest BCUT2D eigenvalue weighted by atomic mass is 9.96. The van der Waals surface area contributed by atoms with Crippen LogP contribution < -0.4 is 16.4 Å². The van der Waals surface area contributed by atoms with Gasteiger partial charge >= 0.3 is 6.03 Å². The highest BCUT2D eigenvalue weighted by Crippen LogP contribution is 2.28. The third-order valence-electron chi connectivity index (χ3n) is 3.88. The van der Waals surface area contributed by atoms with Crippen LogP contribution in [0.4, 0.5) is 4.79 Å². The predicted octanol–water partition coefficient (Wildman–Crippen LogP) is 1.61. The van der Waals surface area contributed by atoms with Gasteiger partial charge < -0.3 is 16.4 Å². The van der Waals surface area contributed by atoms with Crippen LogP contribution in [-0.2, 0) is 4.79 Å². The third-order valence-corrected chi connectivity index (χ3v) is 5.07. The van der Waals surface area contributed by atoms with Gasteiger partial charge in [0.2, 0.25) is 5.91 Å². The molecule has 0 bridgehead atoms. The van der Waals surface area contributed by atoms with Crippen molar-refractivity contribution in [1.82, 2.24) is 10.6 Å². The summed E-state index contributed by atoms with van der Waals surface area (Å²) in [6, 6.07) is 8.51. The molecule has 0 aromatic heterocycles. The summed E-state index contributed by atoms with van der Waals surface area (Å²) in [7, 11) is 0. The van der Waals surface area contributed by atoms with Gasteiger partial charge in [0, 0.05) is 5.75 Å². The summed E-state index contributed by atoms with van der Waals surface area (Å²) >= 11 is 1.65. The van der Waals surface area contributed by atoms with E-state index in [2.05, 4.69) is 16.7 Å². The number of carbonyl (C=O) groups excluding carboxylic acids is 2. The highest BCUT2D eigenvalue weighted by atomic mass is 32.2. The number of urea groups is 1. The van der Waals surface area contributed by atoms with Crippen molar-refractivity contribution < 1.29 is 9.59 Å². The normalized spacial score (nSPS) is 21.2. The molecule has 4 N–H and O–H groups in total. The number of hydrogen-bond donors (Lipinski definition) is 3. The van der Waals surface area contributed by atoms with Crippen molar-refractivity contribution in [2.75, 3.05) is 11.5 Å². The number of nitrogens with one attached hydrogen (secondary N) is 2. The number of primary amides is 1. The van der Waals surface area contributed by atoms with E-state index in [1.54, 1.807) is 11.8 Å². The fourth-order valence-electron chi connectivity index (χ4n) is 2.67. The molecule has 122 valence electrons. The van der Waals surface area contributed by atoms with Gasteiger partial charge in [-0.1, -0.05) is 24.3 Å². The maximum absolute atomic E-state index is 12.4. The molecule has 2 unspecified atom stereocenters. The largest absolute Gasteiger partial charge is 0.352 e. The molecule has 1 saturated heterocycles. The first-order valence-corrected chi connectivity index (χ1v) is 8.53. The molecule has 0 spiro atoms. The number of rotatable bonds is 5. The van der Waals surface area contributed by atoms with Crippen LogP contribution in [0.15, 0.2) is 24.3 Å².